The molecule has 1 heterocycles. The van der Waals surface area contributed by atoms with Gasteiger partial charge in [-0.15, -0.1) is 0 Å². The molecule has 0 fully saturated rings. The molecule has 0 radical (unpaired) electrons. The lowest BCUT2D eigenvalue weighted by Gasteiger charge is -2.34. The van der Waals surface area contributed by atoms with Gasteiger partial charge >= 0.3 is 0 Å². The zero-order valence-electron chi connectivity index (χ0n) is 24.1. The minimum atomic E-state index is -3.93. The normalized spacial score (nSPS) is 12.9. The van der Waals surface area contributed by atoms with Gasteiger partial charge < -0.3 is 19.7 Å². The van der Waals surface area contributed by atoms with Crippen LogP contribution in [0, 0.1) is 0 Å². The Kier molecular flexibility index (Phi) is 11.2. The van der Waals surface area contributed by atoms with Crippen LogP contribution < -0.4 is 19.1 Å². The van der Waals surface area contributed by atoms with E-state index >= 15 is 0 Å². The number of ether oxygens (including phenoxy) is 2. The number of nitrogens with one attached hydrogen (secondary N) is 1. The monoisotopic (exact) mass is 647 g/mol. The topological polar surface area (TPSA) is 105 Å². The molecule has 43 heavy (non-hydrogen) atoms. The first-order valence-electron chi connectivity index (χ1n) is 14.1. The highest BCUT2D eigenvalue weighted by Gasteiger charge is 2.34. The summed E-state index contributed by atoms with van der Waals surface area (Å²) in [7, 11) is -3.93. The molecule has 4 rings (SSSR count). The third-order valence-electron chi connectivity index (χ3n) is 7.11. The van der Waals surface area contributed by atoms with Gasteiger partial charge in [-0.25, -0.2) is 8.42 Å². The van der Waals surface area contributed by atoms with E-state index in [1.807, 2.05) is 37.3 Å². The van der Waals surface area contributed by atoms with Gasteiger partial charge in [0.25, 0.3) is 0 Å². The number of fused-ring (bicyclic) bond motifs is 1. The number of sulfonamides is 1. The Morgan fingerprint density at radius 3 is 2.33 bits per heavy atom. The van der Waals surface area contributed by atoms with Crippen LogP contribution in [-0.2, 0) is 32.6 Å². The van der Waals surface area contributed by atoms with Crippen molar-refractivity contribution >= 4 is 50.7 Å². The summed E-state index contributed by atoms with van der Waals surface area (Å²) in [6.07, 6.45) is 1.83. The van der Waals surface area contributed by atoms with Gasteiger partial charge in [0.15, 0.2) is 11.5 Å². The van der Waals surface area contributed by atoms with Crippen molar-refractivity contribution in [2.75, 3.05) is 29.9 Å². The Bertz CT molecular complexity index is 1520. The number of unbranched alkanes of at least 4 members (excludes halogenated alkanes) is 1. The van der Waals surface area contributed by atoms with Gasteiger partial charge in [0.1, 0.15) is 12.6 Å². The fourth-order valence-corrected chi connectivity index (χ4v) is 6.24. The van der Waals surface area contributed by atoms with Crippen molar-refractivity contribution in [3.8, 4) is 11.5 Å². The van der Waals surface area contributed by atoms with E-state index in [9.17, 15) is 18.0 Å². The van der Waals surface area contributed by atoms with E-state index in [1.54, 1.807) is 30.3 Å². The first kappa shape index (κ1) is 32.4. The van der Waals surface area contributed by atoms with Crippen molar-refractivity contribution in [3.63, 3.8) is 0 Å². The fraction of sp³-hybridized carbons (Fsp3) is 0.355. The Balaban J connectivity index is 1.76. The molecule has 0 spiro atoms. The number of carbonyl (C=O) groups excluding carboxylic acids is 2. The van der Waals surface area contributed by atoms with Crippen LogP contribution in [-0.4, -0.2) is 56.8 Å². The summed E-state index contributed by atoms with van der Waals surface area (Å²) >= 11 is 13.0. The Hall–Kier alpha value is -3.47. The second-order valence-electron chi connectivity index (χ2n) is 10.0. The van der Waals surface area contributed by atoms with E-state index in [2.05, 4.69) is 5.32 Å². The third-order valence-corrected chi connectivity index (χ3v) is 9.56. The molecule has 1 aliphatic heterocycles. The molecule has 0 saturated heterocycles. The third kappa shape index (κ3) is 8.13. The lowest BCUT2D eigenvalue weighted by Crippen LogP contribution is -2.53. The van der Waals surface area contributed by atoms with E-state index < -0.39 is 28.5 Å². The molecule has 0 aliphatic carbocycles. The average Bonchev–Trinajstić information content (AvgIpc) is 3.47. The van der Waals surface area contributed by atoms with Crippen molar-refractivity contribution in [1.29, 1.82) is 0 Å². The summed E-state index contributed by atoms with van der Waals surface area (Å²) in [5.41, 5.74) is 1.52. The molecule has 230 valence electrons. The summed E-state index contributed by atoms with van der Waals surface area (Å²) < 4.78 is 38.6. The van der Waals surface area contributed by atoms with Crippen molar-refractivity contribution in [1.82, 2.24) is 10.2 Å². The maximum atomic E-state index is 14.3. The molecule has 1 atom stereocenters. The molecule has 9 nitrogen and oxygen atoms in total. The number of hydrogen-bond donors (Lipinski definition) is 1. The second kappa shape index (κ2) is 14.8. The SMILES string of the molecule is CCCCNC(=O)[C@H](Cc1ccccc1)N(Cc1c(Cl)cccc1Cl)C(=O)CN(c1ccc2c(c1)OCO2)S(=O)(=O)CC. The number of benzene rings is 3. The molecule has 1 aliphatic rings. The number of carbonyl (C=O) groups is 2. The minimum absolute atomic E-state index is 0.0128. The molecule has 3 aromatic carbocycles. The van der Waals surface area contributed by atoms with Crippen LogP contribution in [0.15, 0.2) is 66.7 Å². The van der Waals surface area contributed by atoms with E-state index in [0.717, 1.165) is 22.7 Å². The predicted molar refractivity (Wildman–Crippen MR) is 168 cm³/mol. The fourth-order valence-electron chi connectivity index (χ4n) is 4.67. The highest BCUT2D eigenvalue weighted by molar-refractivity contribution is 7.92. The zero-order chi connectivity index (χ0) is 31.0. The Morgan fingerprint density at radius 1 is 0.953 bits per heavy atom. The van der Waals surface area contributed by atoms with E-state index in [0.29, 0.717) is 33.7 Å². The molecular weight excluding hydrogens is 613 g/mol. The first-order chi connectivity index (χ1) is 20.6. The molecule has 2 amide bonds. The predicted octanol–water partition coefficient (Wildman–Crippen LogP) is 5.43. The van der Waals surface area contributed by atoms with E-state index in [-0.39, 0.29) is 37.1 Å². The van der Waals surface area contributed by atoms with Crippen LogP contribution in [0.1, 0.15) is 37.8 Å². The molecule has 1 N–H and O–H groups in total. The quantitative estimate of drug-likeness (QED) is 0.234. The highest BCUT2D eigenvalue weighted by Crippen LogP contribution is 2.36. The number of anilines is 1. The van der Waals surface area contributed by atoms with E-state index in [4.69, 9.17) is 32.7 Å². The molecule has 0 bridgehead atoms. The molecule has 0 saturated carbocycles. The second-order valence-corrected chi connectivity index (χ2v) is 13.0. The van der Waals surface area contributed by atoms with Crippen molar-refractivity contribution in [2.45, 2.75) is 45.7 Å². The lowest BCUT2D eigenvalue weighted by atomic mass is 10.0. The van der Waals surface area contributed by atoms with Gasteiger partial charge in [0.2, 0.25) is 28.6 Å². The maximum absolute atomic E-state index is 14.3. The van der Waals surface area contributed by atoms with Gasteiger partial charge in [0.05, 0.1) is 11.4 Å². The molecule has 0 aromatic heterocycles. The number of nitrogens with zero attached hydrogens (tertiary/aromatic N) is 2. The molecule has 3 aromatic rings. The van der Waals surface area contributed by atoms with Crippen molar-refractivity contribution in [3.05, 3.63) is 87.9 Å². The Morgan fingerprint density at radius 2 is 1.65 bits per heavy atom. The van der Waals surface area contributed by atoms with Crippen LogP contribution in [0.3, 0.4) is 0 Å². The van der Waals surface area contributed by atoms with Gasteiger partial charge in [-0.1, -0.05) is 72.9 Å². The van der Waals surface area contributed by atoms with Gasteiger partial charge in [0, 0.05) is 41.2 Å². The summed E-state index contributed by atoms with van der Waals surface area (Å²) in [6.45, 7) is 3.28. The largest absolute Gasteiger partial charge is 0.454 e. The summed E-state index contributed by atoms with van der Waals surface area (Å²) in [5.74, 6) is -0.362. The molecule has 12 heteroatoms. The van der Waals surface area contributed by atoms with E-state index in [1.165, 1.54) is 17.9 Å². The van der Waals surface area contributed by atoms with Gasteiger partial charge in [-0.3, -0.25) is 13.9 Å². The van der Waals surface area contributed by atoms with Crippen molar-refractivity contribution < 1.29 is 27.5 Å². The summed E-state index contributed by atoms with van der Waals surface area (Å²) in [5, 5.41) is 3.59. The first-order valence-corrected chi connectivity index (χ1v) is 16.4. The zero-order valence-corrected chi connectivity index (χ0v) is 26.4. The van der Waals surface area contributed by atoms with Crippen LogP contribution in [0.4, 0.5) is 5.69 Å². The summed E-state index contributed by atoms with van der Waals surface area (Å²) in [4.78, 5) is 29.4. The summed E-state index contributed by atoms with van der Waals surface area (Å²) in [6, 6.07) is 18.0. The number of hydrogen-bond acceptors (Lipinski definition) is 6. The smallest absolute Gasteiger partial charge is 0.244 e. The maximum Gasteiger partial charge on any atom is 0.244 e. The number of halogens is 2. The van der Waals surface area contributed by atoms with Crippen LogP contribution in [0.25, 0.3) is 0 Å². The van der Waals surface area contributed by atoms with Crippen molar-refractivity contribution in [2.24, 2.45) is 0 Å². The van der Waals surface area contributed by atoms with Crippen LogP contribution in [0.2, 0.25) is 10.0 Å². The highest BCUT2D eigenvalue weighted by atomic mass is 35.5. The van der Waals surface area contributed by atoms with Crippen LogP contribution >= 0.6 is 23.2 Å². The molecular formula is C31H35Cl2N3O6S. The van der Waals surface area contributed by atoms with Gasteiger partial charge in [-0.2, -0.15) is 0 Å². The lowest BCUT2D eigenvalue weighted by molar-refractivity contribution is -0.140. The minimum Gasteiger partial charge on any atom is -0.454 e. The van der Waals surface area contributed by atoms with Crippen LogP contribution in [0.5, 0.6) is 11.5 Å². The number of rotatable bonds is 14. The average molecular weight is 649 g/mol. The number of amides is 2. The Labute approximate surface area is 262 Å². The van der Waals surface area contributed by atoms with Gasteiger partial charge in [-0.05, 0) is 43.2 Å². The standard InChI is InChI=1S/C31H35Cl2N3O6S/c1-3-5-16-34-31(38)27(17-22-10-7-6-8-11-22)35(19-24-25(32)12-9-13-26(24)33)30(37)20-36(43(39,40)4-2)23-14-15-28-29(18-23)42-21-41-28/h6-15,18,27H,3-5,16-17,19-21H2,1-2H3,(H,34,38)/t27-/m0/s1. The molecule has 0 unspecified atom stereocenters.